The van der Waals surface area contributed by atoms with E-state index in [9.17, 15) is 20.1 Å². The minimum Gasteiger partial charge on any atom is -0.504 e. The molecule has 7 heteroatoms. The SMILES string of the molecule is COc1cc([C@@H]2Oc3c(OC)cc(C=CC=O)cc3[C@H]2CO)cc(O)c1O. The molecule has 1 aliphatic rings. The van der Waals surface area contributed by atoms with Gasteiger partial charge in [-0.3, -0.25) is 4.79 Å². The molecule has 0 saturated heterocycles. The zero-order valence-corrected chi connectivity index (χ0v) is 14.9. The molecule has 0 radical (unpaired) electrons. The van der Waals surface area contributed by atoms with Gasteiger partial charge in [-0.25, -0.2) is 0 Å². The molecule has 1 aliphatic heterocycles. The fraction of sp³-hybridized carbons (Fsp3) is 0.250. The van der Waals surface area contributed by atoms with Gasteiger partial charge in [0.05, 0.1) is 26.7 Å². The fourth-order valence-corrected chi connectivity index (χ4v) is 3.25. The van der Waals surface area contributed by atoms with Crippen molar-refractivity contribution >= 4 is 12.4 Å². The fourth-order valence-electron chi connectivity index (χ4n) is 3.25. The van der Waals surface area contributed by atoms with Crippen LogP contribution in [0.3, 0.4) is 0 Å². The van der Waals surface area contributed by atoms with Crippen molar-refractivity contribution in [2.24, 2.45) is 0 Å². The maximum Gasteiger partial charge on any atom is 0.200 e. The predicted octanol–water partition coefficient (Wildman–Crippen LogP) is 2.54. The standard InChI is InChI=1S/C20H20O7/c1-25-16-9-12(8-15(23)18(16)24)19-14(10-22)13-6-11(4-3-5-21)7-17(26-2)20(13)27-19/h3-9,14,19,22-24H,10H2,1-2H3/t14-,19+/m1/s1. The number of hydrogen-bond acceptors (Lipinski definition) is 7. The Morgan fingerprint density at radius 2 is 1.85 bits per heavy atom. The second kappa shape index (κ2) is 7.59. The lowest BCUT2D eigenvalue weighted by Crippen LogP contribution is -2.13. The Hall–Kier alpha value is -3.19. The molecule has 0 aromatic heterocycles. The van der Waals surface area contributed by atoms with Gasteiger partial charge in [0.25, 0.3) is 0 Å². The first kappa shape index (κ1) is 18.6. The van der Waals surface area contributed by atoms with Gasteiger partial charge in [0.1, 0.15) is 12.4 Å². The topological polar surface area (TPSA) is 105 Å². The number of hydrogen-bond donors (Lipinski definition) is 3. The van der Waals surface area contributed by atoms with Crippen LogP contribution >= 0.6 is 0 Å². The highest BCUT2D eigenvalue weighted by molar-refractivity contribution is 5.75. The summed E-state index contributed by atoms with van der Waals surface area (Å²) >= 11 is 0. The van der Waals surface area contributed by atoms with Crippen molar-refractivity contribution in [3.05, 3.63) is 47.0 Å². The first-order valence-corrected chi connectivity index (χ1v) is 8.25. The van der Waals surface area contributed by atoms with E-state index in [1.54, 1.807) is 18.2 Å². The van der Waals surface area contributed by atoms with E-state index < -0.39 is 12.0 Å². The quantitative estimate of drug-likeness (QED) is 0.406. The molecule has 2 aromatic carbocycles. The molecule has 0 saturated carbocycles. The highest BCUT2D eigenvalue weighted by atomic mass is 16.5. The van der Waals surface area contributed by atoms with Gasteiger partial charge >= 0.3 is 0 Å². The minimum atomic E-state index is -0.621. The van der Waals surface area contributed by atoms with E-state index in [4.69, 9.17) is 14.2 Å². The predicted molar refractivity (Wildman–Crippen MR) is 97.6 cm³/mol. The van der Waals surface area contributed by atoms with Gasteiger partial charge in [0.2, 0.25) is 5.75 Å². The van der Waals surface area contributed by atoms with Gasteiger partial charge in [-0.15, -0.1) is 0 Å². The number of carbonyl (C=O) groups excluding carboxylic acids is 1. The van der Waals surface area contributed by atoms with E-state index in [1.165, 1.54) is 26.4 Å². The summed E-state index contributed by atoms with van der Waals surface area (Å²) in [5.41, 5.74) is 1.98. The Kier molecular flexibility index (Phi) is 5.23. The Bertz CT molecular complexity index is 888. The number of benzene rings is 2. The number of carbonyl (C=O) groups is 1. The van der Waals surface area contributed by atoms with E-state index in [0.717, 1.165) is 11.1 Å². The molecule has 7 nitrogen and oxygen atoms in total. The number of aliphatic hydroxyl groups excluding tert-OH is 1. The van der Waals surface area contributed by atoms with E-state index in [0.29, 0.717) is 23.3 Å². The Morgan fingerprint density at radius 3 is 2.48 bits per heavy atom. The lowest BCUT2D eigenvalue weighted by molar-refractivity contribution is -0.104. The monoisotopic (exact) mass is 372 g/mol. The summed E-state index contributed by atoms with van der Waals surface area (Å²) in [4.78, 5) is 10.6. The van der Waals surface area contributed by atoms with Crippen molar-refractivity contribution in [1.82, 2.24) is 0 Å². The summed E-state index contributed by atoms with van der Waals surface area (Å²) < 4.78 is 16.5. The summed E-state index contributed by atoms with van der Waals surface area (Å²) in [6.45, 7) is -0.217. The van der Waals surface area contributed by atoms with Gasteiger partial charge in [-0.1, -0.05) is 6.08 Å². The molecule has 3 rings (SSSR count). The van der Waals surface area contributed by atoms with E-state index in [-0.39, 0.29) is 23.9 Å². The third-order valence-electron chi connectivity index (χ3n) is 4.53. The number of aldehydes is 1. The smallest absolute Gasteiger partial charge is 0.200 e. The molecule has 0 aliphatic carbocycles. The van der Waals surface area contributed by atoms with Crippen LogP contribution in [0.25, 0.3) is 6.08 Å². The van der Waals surface area contributed by atoms with Crippen LogP contribution in [0.5, 0.6) is 28.7 Å². The summed E-state index contributed by atoms with van der Waals surface area (Å²) in [7, 11) is 2.88. The van der Waals surface area contributed by atoms with E-state index in [1.807, 2.05) is 6.07 Å². The van der Waals surface area contributed by atoms with Crippen LogP contribution in [0.4, 0.5) is 0 Å². The highest BCUT2D eigenvalue weighted by Gasteiger charge is 2.38. The number of aromatic hydroxyl groups is 2. The summed E-state index contributed by atoms with van der Waals surface area (Å²) in [6, 6.07) is 6.46. The number of aliphatic hydroxyl groups is 1. The lowest BCUT2D eigenvalue weighted by Gasteiger charge is -2.19. The van der Waals surface area contributed by atoms with Crippen molar-refractivity contribution in [2.45, 2.75) is 12.0 Å². The maximum absolute atomic E-state index is 10.6. The average Bonchev–Trinajstić information content (AvgIpc) is 3.06. The first-order chi connectivity index (χ1) is 13.0. The molecule has 1 heterocycles. The van der Waals surface area contributed by atoms with Crippen molar-refractivity contribution in [2.75, 3.05) is 20.8 Å². The number of phenols is 2. The molecule has 0 bridgehead atoms. The highest BCUT2D eigenvalue weighted by Crippen LogP contribution is 2.52. The van der Waals surface area contributed by atoms with Gasteiger partial charge in [0.15, 0.2) is 23.0 Å². The van der Waals surface area contributed by atoms with Gasteiger partial charge in [-0.2, -0.15) is 0 Å². The number of fused-ring (bicyclic) bond motifs is 1. The second-order valence-corrected chi connectivity index (χ2v) is 6.06. The van der Waals surface area contributed by atoms with Crippen molar-refractivity contribution in [3.8, 4) is 28.7 Å². The lowest BCUT2D eigenvalue weighted by atomic mass is 9.90. The van der Waals surface area contributed by atoms with Crippen molar-refractivity contribution in [1.29, 1.82) is 0 Å². The van der Waals surface area contributed by atoms with Crippen molar-refractivity contribution < 1.29 is 34.3 Å². The summed E-state index contributed by atoms with van der Waals surface area (Å²) in [6.07, 6.45) is 3.05. The normalized spacial score (nSPS) is 18.2. The van der Waals surface area contributed by atoms with Crippen LogP contribution in [0.15, 0.2) is 30.3 Å². The largest absolute Gasteiger partial charge is 0.504 e. The van der Waals surface area contributed by atoms with Crippen LogP contribution in [0, 0.1) is 0 Å². The second-order valence-electron chi connectivity index (χ2n) is 6.06. The molecule has 0 unspecified atom stereocenters. The Labute approximate surface area is 156 Å². The van der Waals surface area contributed by atoms with E-state index in [2.05, 4.69) is 0 Å². The van der Waals surface area contributed by atoms with Crippen LogP contribution in [0.2, 0.25) is 0 Å². The first-order valence-electron chi connectivity index (χ1n) is 8.25. The third-order valence-corrected chi connectivity index (χ3v) is 4.53. The number of allylic oxidation sites excluding steroid dienone is 1. The van der Waals surface area contributed by atoms with Crippen molar-refractivity contribution in [3.63, 3.8) is 0 Å². The van der Waals surface area contributed by atoms with Crippen LogP contribution in [-0.4, -0.2) is 42.4 Å². The van der Waals surface area contributed by atoms with Crippen LogP contribution < -0.4 is 14.2 Å². The molecular weight excluding hydrogens is 352 g/mol. The summed E-state index contributed by atoms with van der Waals surface area (Å²) in [5, 5.41) is 29.8. The molecular formula is C20H20O7. The van der Waals surface area contributed by atoms with Gasteiger partial charge in [0, 0.05) is 11.1 Å². The average molecular weight is 372 g/mol. The van der Waals surface area contributed by atoms with Gasteiger partial charge < -0.3 is 29.5 Å². The molecule has 0 fully saturated rings. The Balaban J connectivity index is 2.09. The molecule has 0 amide bonds. The zero-order chi connectivity index (χ0) is 19.6. The molecule has 3 N–H and O–H groups in total. The Morgan fingerprint density at radius 1 is 1.11 bits per heavy atom. The number of methoxy groups -OCH3 is 2. The molecule has 2 atom stereocenters. The number of phenolic OH excluding ortho intramolecular Hbond substituents is 2. The van der Waals surface area contributed by atoms with Crippen LogP contribution in [0.1, 0.15) is 28.7 Å². The van der Waals surface area contributed by atoms with Gasteiger partial charge in [-0.05, 0) is 35.9 Å². The zero-order valence-electron chi connectivity index (χ0n) is 14.9. The minimum absolute atomic E-state index is 0.0998. The number of rotatable bonds is 6. The molecule has 0 spiro atoms. The molecule has 142 valence electrons. The summed E-state index contributed by atoms with van der Waals surface area (Å²) in [5.74, 6) is -0.0985. The van der Waals surface area contributed by atoms with Crippen LogP contribution in [-0.2, 0) is 4.79 Å². The molecule has 27 heavy (non-hydrogen) atoms. The third kappa shape index (κ3) is 3.29. The number of ether oxygens (including phenoxy) is 3. The van der Waals surface area contributed by atoms with E-state index >= 15 is 0 Å². The molecule has 2 aromatic rings. The maximum atomic E-state index is 10.6.